The van der Waals surface area contributed by atoms with E-state index in [9.17, 15) is 5.11 Å². The van der Waals surface area contributed by atoms with Gasteiger partial charge in [0.15, 0.2) is 0 Å². The molecule has 2 nitrogen and oxygen atoms in total. The highest BCUT2D eigenvalue weighted by atomic mass is 16.3. The molecule has 1 aliphatic carbocycles. The Labute approximate surface area is 104 Å². The van der Waals surface area contributed by atoms with Crippen molar-refractivity contribution in [2.45, 2.75) is 44.2 Å². The Bertz CT molecular complexity index is 319. The highest BCUT2D eigenvalue weighted by Gasteiger charge is 2.26. The lowest BCUT2D eigenvalue weighted by molar-refractivity contribution is 0.141. The molecule has 0 saturated heterocycles. The molecule has 1 fully saturated rings. The van der Waals surface area contributed by atoms with Crippen LogP contribution in [0.2, 0.25) is 0 Å². The fourth-order valence-electron chi connectivity index (χ4n) is 2.97. The smallest absolute Gasteiger partial charge is 0.0449 e. The van der Waals surface area contributed by atoms with Crippen LogP contribution in [0.1, 0.15) is 43.7 Å². The Morgan fingerprint density at radius 2 is 1.88 bits per heavy atom. The summed E-state index contributed by atoms with van der Waals surface area (Å²) >= 11 is 0. The van der Waals surface area contributed by atoms with E-state index in [1.807, 2.05) is 0 Å². The van der Waals surface area contributed by atoms with E-state index < -0.39 is 0 Å². The number of hydrogen-bond acceptors (Lipinski definition) is 2. The first-order valence-corrected chi connectivity index (χ1v) is 6.70. The summed E-state index contributed by atoms with van der Waals surface area (Å²) in [6, 6.07) is 11.6. The third-order valence-corrected chi connectivity index (χ3v) is 3.98. The van der Waals surface area contributed by atoms with Crippen molar-refractivity contribution < 1.29 is 5.11 Å². The predicted octanol–water partition coefficient (Wildman–Crippen LogP) is 2.98. The Morgan fingerprint density at radius 1 is 1.24 bits per heavy atom. The maximum Gasteiger partial charge on any atom is 0.0449 e. The highest BCUT2D eigenvalue weighted by Crippen LogP contribution is 2.31. The number of hydrogen-bond donors (Lipinski definition) is 1. The van der Waals surface area contributed by atoms with Gasteiger partial charge in [-0.1, -0.05) is 43.2 Å². The van der Waals surface area contributed by atoms with Crippen LogP contribution in [0.5, 0.6) is 0 Å². The summed E-state index contributed by atoms with van der Waals surface area (Å²) in [6.07, 6.45) is 6.17. The molecule has 0 aliphatic heterocycles. The van der Waals surface area contributed by atoms with Gasteiger partial charge in [-0.05, 0) is 31.9 Å². The molecule has 1 aliphatic rings. The fourth-order valence-corrected chi connectivity index (χ4v) is 2.97. The maximum absolute atomic E-state index is 9.26. The van der Waals surface area contributed by atoms with Gasteiger partial charge in [0.2, 0.25) is 0 Å². The van der Waals surface area contributed by atoms with Crippen LogP contribution in [-0.4, -0.2) is 29.7 Å². The van der Waals surface area contributed by atoms with Crippen LogP contribution in [0.25, 0.3) is 0 Å². The van der Waals surface area contributed by atoms with Gasteiger partial charge in [-0.2, -0.15) is 0 Å². The maximum atomic E-state index is 9.26. The molecule has 1 N–H and O–H groups in total. The molecule has 0 heterocycles. The van der Waals surface area contributed by atoms with E-state index in [2.05, 4.69) is 42.3 Å². The van der Waals surface area contributed by atoms with Gasteiger partial charge >= 0.3 is 0 Å². The summed E-state index contributed by atoms with van der Waals surface area (Å²) in [4.78, 5) is 2.47. The van der Waals surface area contributed by atoms with Crippen molar-refractivity contribution in [3.8, 4) is 0 Å². The molecule has 0 amide bonds. The first kappa shape index (κ1) is 12.6. The number of rotatable bonds is 5. The molecule has 1 unspecified atom stereocenters. The first-order chi connectivity index (χ1) is 8.33. The Morgan fingerprint density at radius 3 is 2.47 bits per heavy atom. The standard InChI is InChI=1S/C15H23NO/c1-16(14-9-5-6-10-14)15(11-12-17)13-7-3-2-4-8-13/h2-4,7-8,14-15,17H,5-6,9-12H2,1H3. The van der Waals surface area contributed by atoms with Crippen molar-refractivity contribution in [3.63, 3.8) is 0 Å². The topological polar surface area (TPSA) is 23.5 Å². The quantitative estimate of drug-likeness (QED) is 0.845. The van der Waals surface area contributed by atoms with Crippen LogP contribution < -0.4 is 0 Å². The van der Waals surface area contributed by atoms with Gasteiger partial charge in [-0.25, -0.2) is 0 Å². The van der Waals surface area contributed by atoms with E-state index in [1.165, 1.54) is 31.2 Å². The third-order valence-electron chi connectivity index (χ3n) is 3.98. The average Bonchev–Trinajstić information content (AvgIpc) is 2.90. The van der Waals surface area contributed by atoms with Crippen molar-refractivity contribution in [1.29, 1.82) is 0 Å². The minimum absolute atomic E-state index is 0.261. The zero-order valence-corrected chi connectivity index (χ0v) is 10.7. The van der Waals surface area contributed by atoms with Crippen molar-refractivity contribution in [2.75, 3.05) is 13.7 Å². The van der Waals surface area contributed by atoms with Crippen LogP contribution in [0.3, 0.4) is 0 Å². The van der Waals surface area contributed by atoms with Gasteiger partial charge in [0.25, 0.3) is 0 Å². The third kappa shape index (κ3) is 3.08. The van der Waals surface area contributed by atoms with Crippen LogP contribution >= 0.6 is 0 Å². The zero-order chi connectivity index (χ0) is 12.1. The molecule has 0 radical (unpaired) electrons. The fraction of sp³-hybridized carbons (Fsp3) is 0.600. The second kappa shape index (κ2) is 6.18. The molecule has 1 aromatic rings. The summed E-state index contributed by atoms with van der Waals surface area (Å²) in [5.74, 6) is 0. The molecule has 1 saturated carbocycles. The Balaban J connectivity index is 2.10. The van der Waals surface area contributed by atoms with Gasteiger partial charge in [-0.15, -0.1) is 0 Å². The van der Waals surface area contributed by atoms with Crippen molar-refractivity contribution in [2.24, 2.45) is 0 Å². The zero-order valence-electron chi connectivity index (χ0n) is 10.7. The molecule has 0 spiro atoms. The number of benzene rings is 1. The largest absolute Gasteiger partial charge is 0.396 e. The van der Waals surface area contributed by atoms with E-state index >= 15 is 0 Å². The Hall–Kier alpha value is -0.860. The highest BCUT2D eigenvalue weighted by molar-refractivity contribution is 5.19. The summed E-state index contributed by atoms with van der Waals surface area (Å²) < 4.78 is 0. The van der Waals surface area contributed by atoms with E-state index in [0.29, 0.717) is 12.1 Å². The van der Waals surface area contributed by atoms with Crippen molar-refractivity contribution in [3.05, 3.63) is 35.9 Å². The van der Waals surface area contributed by atoms with Gasteiger partial charge < -0.3 is 5.11 Å². The van der Waals surface area contributed by atoms with Gasteiger partial charge in [0.1, 0.15) is 0 Å². The average molecular weight is 233 g/mol. The summed E-state index contributed by atoms with van der Waals surface area (Å²) in [5.41, 5.74) is 1.33. The molecule has 94 valence electrons. The van der Waals surface area contributed by atoms with Crippen molar-refractivity contribution in [1.82, 2.24) is 4.90 Å². The Kier molecular flexibility index (Phi) is 4.57. The molecule has 0 aromatic heterocycles. The van der Waals surface area contributed by atoms with Crippen LogP contribution in [0.4, 0.5) is 0 Å². The van der Waals surface area contributed by atoms with E-state index in [1.54, 1.807) is 0 Å². The van der Waals surface area contributed by atoms with Gasteiger partial charge in [-0.3, -0.25) is 4.90 Å². The lowest BCUT2D eigenvalue weighted by atomic mass is 10.0. The van der Waals surface area contributed by atoms with E-state index in [0.717, 1.165) is 6.42 Å². The van der Waals surface area contributed by atoms with Gasteiger partial charge in [0.05, 0.1) is 0 Å². The van der Waals surface area contributed by atoms with E-state index in [-0.39, 0.29) is 6.61 Å². The number of aliphatic hydroxyl groups excluding tert-OH is 1. The monoisotopic (exact) mass is 233 g/mol. The second-order valence-electron chi connectivity index (χ2n) is 5.04. The number of aliphatic hydroxyl groups is 1. The minimum Gasteiger partial charge on any atom is -0.396 e. The lowest BCUT2D eigenvalue weighted by Gasteiger charge is -2.33. The molecule has 2 heteroatoms. The number of nitrogens with zero attached hydrogens (tertiary/aromatic N) is 1. The summed E-state index contributed by atoms with van der Waals surface area (Å²) in [6.45, 7) is 0.261. The van der Waals surface area contributed by atoms with Crippen LogP contribution in [-0.2, 0) is 0 Å². The summed E-state index contributed by atoms with van der Waals surface area (Å²) in [7, 11) is 2.21. The first-order valence-electron chi connectivity index (χ1n) is 6.70. The molecule has 2 rings (SSSR count). The van der Waals surface area contributed by atoms with Crippen molar-refractivity contribution >= 4 is 0 Å². The SMILES string of the molecule is CN(C1CCCC1)C(CCO)c1ccccc1. The molecule has 1 aromatic carbocycles. The summed E-state index contributed by atoms with van der Waals surface area (Å²) in [5, 5.41) is 9.26. The lowest BCUT2D eigenvalue weighted by Crippen LogP contribution is -2.33. The molecule has 0 bridgehead atoms. The predicted molar refractivity (Wildman–Crippen MR) is 70.9 cm³/mol. The van der Waals surface area contributed by atoms with Gasteiger partial charge in [0, 0.05) is 18.7 Å². The normalized spacial score (nSPS) is 18.8. The molecule has 1 atom stereocenters. The van der Waals surface area contributed by atoms with Crippen LogP contribution in [0.15, 0.2) is 30.3 Å². The molecular weight excluding hydrogens is 210 g/mol. The molecule has 17 heavy (non-hydrogen) atoms. The molecular formula is C15H23NO. The second-order valence-corrected chi connectivity index (χ2v) is 5.04. The minimum atomic E-state index is 0.261. The van der Waals surface area contributed by atoms with E-state index in [4.69, 9.17) is 0 Å². The van der Waals surface area contributed by atoms with Crippen LogP contribution in [0, 0.1) is 0 Å².